The standard InChI is InChI=1S/C13H9NOS2/c15-13-12(7-9-5-6-16-8-9)17-11-4-2-1-3-10(11)14-13/h1-8H,(H,14,15)/b12-7+. The summed E-state index contributed by atoms with van der Waals surface area (Å²) in [5.74, 6) is -0.0279. The Labute approximate surface area is 107 Å². The summed E-state index contributed by atoms with van der Waals surface area (Å²) < 4.78 is 0. The smallest absolute Gasteiger partial charge is 0.262 e. The quantitative estimate of drug-likeness (QED) is 0.788. The second kappa shape index (κ2) is 4.39. The van der Waals surface area contributed by atoms with Gasteiger partial charge in [0.2, 0.25) is 0 Å². The predicted octanol–water partition coefficient (Wildman–Crippen LogP) is 3.83. The lowest BCUT2D eigenvalue weighted by Crippen LogP contribution is -2.16. The van der Waals surface area contributed by atoms with Gasteiger partial charge in [-0.25, -0.2) is 0 Å². The van der Waals surface area contributed by atoms with E-state index in [2.05, 4.69) is 5.32 Å². The molecule has 0 unspecified atom stereocenters. The van der Waals surface area contributed by atoms with Gasteiger partial charge in [-0.15, -0.1) is 0 Å². The molecule has 0 bridgehead atoms. The van der Waals surface area contributed by atoms with Gasteiger partial charge in [-0.05, 0) is 40.6 Å². The van der Waals surface area contributed by atoms with Gasteiger partial charge in [0.05, 0.1) is 10.6 Å². The van der Waals surface area contributed by atoms with Gasteiger partial charge in [-0.2, -0.15) is 11.3 Å². The molecule has 0 saturated carbocycles. The first-order valence-electron chi connectivity index (χ1n) is 5.15. The largest absolute Gasteiger partial charge is 0.320 e. The first-order chi connectivity index (χ1) is 8.33. The van der Waals surface area contributed by atoms with Crippen molar-refractivity contribution in [1.29, 1.82) is 0 Å². The van der Waals surface area contributed by atoms with E-state index in [9.17, 15) is 4.79 Å². The first kappa shape index (κ1) is 10.6. The van der Waals surface area contributed by atoms with Gasteiger partial charge in [-0.3, -0.25) is 4.79 Å². The minimum Gasteiger partial charge on any atom is -0.320 e. The van der Waals surface area contributed by atoms with E-state index in [1.807, 2.05) is 47.2 Å². The van der Waals surface area contributed by atoms with Crippen molar-refractivity contribution in [2.45, 2.75) is 4.90 Å². The molecule has 4 heteroatoms. The molecule has 2 aromatic rings. The molecule has 1 N–H and O–H groups in total. The summed E-state index contributed by atoms with van der Waals surface area (Å²) in [6.07, 6.45) is 1.92. The van der Waals surface area contributed by atoms with Gasteiger partial charge < -0.3 is 5.32 Å². The molecule has 1 aliphatic rings. The van der Waals surface area contributed by atoms with E-state index in [4.69, 9.17) is 0 Å². The number of hydrogen-bond donors (Lipinski definition) is 1. The van der Waals surface area contributed by atoms with Gasteiger partial charge >= 0.3 is 0 Å². The second-order valence-electron chi connectivity index (χ2n) is 3.62. The van der Waals surface area contributed by atoms with Gasteiger partial charge in [0.15, 0.2) is 0 Å². The van der Waals surface area contributed by atoms with Crippen molar-refractivity contribution in [1.82, 2.24) is 0 Å². The predicted molar refractivity (Wildman–Crippen MR) is 73.2 cm³/mol. The SMILES string of the molecule is O=C1Nc2ccccc2S/C1=C/c1ccsc1. The van der Waals surface area contributed by atoms with E-state index in [1.165, 1.54) is 11.8 Å². The third kappa shape index (κ3) is 2.14. The van der Waals surface area contributed by atoms with E-state index in [1.54, 1.807) is 11.3 Å². The monoisotopic (exact) mass is 259 g/mol. The molecule has 84 valence electrons. The summed E-state index contributed by atoms with van der Waals surface area (Å²) in [4.78, 5) is 13.7. The molecular weight excluding hydrogens is 250 g/mol. The Hall–Kier alpha value is -1.52. The van der Waals surface area contributed by atoms with Crippen LogP contribution in [0, 0.1) is 0 Å². The van der Waals surface area contributed by atoms with Crippen LogP contribution in [0.4, 0.5) is 5.69 Å². The van der Waals surface area contributed by atoms with Gasteiger partial charge in [0, 0.05) is 4.90 Å². The van der Waals surface area contributed by atoms with Gasteiger partial charge in [-0.1, -0.05) is 23.9 Å². The zero-order valence-electron chi connectivity index (χ0n) is 8.84. The van der Waals surface area contributed by atoms with Crippen molar-refractivity contribution in [2.75, 3.05) is 5.32 Å². The number of anilines is 1. The molecule has 1 aromatic carbocycles. The molecule has 0 saturated heterocycles. The number of rotatable bonds is 1. The highest BCUT2D eigenvalue weighted by molar-refractivity contribution is 8.04. The Bertz CT molecular complexity index is 587. The Kier molecular flexibility index (Phi) is 2.74. The summed E-state index contributed by atoms with van der Waals surface area (Å²) >= 11 is 3.15. The Morgan fingerprint density at radius 2 is 2.06 bits per heavy atom. The molecule has 1 aliphatic heterocycles. The topological polar surface area (TPSA) is 29.1 Å². The number of thioether (sulfide) groups is 1. The van der Waals surface area contributed by atoms with Crippen molar-refractivity contribution in [3.63, 3.8) is 0 Å². The van der Waals surface area contributed by atoms with Gasteiger partial charge in [0.25, 0.3) is 5.91 Å². The minimum atomic E-state index is -0.0279. The maximum atomic E-state index is 11.9. The fourth-order valence-electron chi connectivity index (χ4n) is 1.61. The lowest BCUT2D eigenvalue weighted by Gasteiger charge is -2.17. The molecule has 0 atom stereocenters. The van der Waals surface area contributed by atoms with E-state index < -0.39 is 0 Å². The average molecular weight is 259 g/mol. The number of fused-ring (bicyclic) bond motifs is 1. The molecule has 17 heavy (non-hydrogen) atoms. The summed E-state index contributed by atoms with van der Waals surface area (Å²) in [6, 6.07) is 9.84. The molecule has 1 aromatic heterocycles. The lowest BCUT2D eigenvalue weighted by molar-refractivity contribution is -0.112. The molecule has 2 nitrogen and oxygen atoms in total. The molecule has 0 aliphatic carbocycles. The number of nitrogens with one attached hydrogen (secondary N) is 1. The molecule has 0 radical (unpaired) electrons. The van der Waals surface area contributed by atoms with Crippen LogP contribution in [0.5, 0.6) is 0 Å². The molecule has 0 fully saturated rings. The number of benzene rings is 1. The molecule has 3 rings (SSSR count). The highest BCUT2D eigenvalue weighted by Gasteiger charge is 2.20. The summed E-state index contributed by atoms with van der Waals surface area (Å²) in [5.41, 5.74) is 1.97. The average Bonchev–Trinajstić information content (AvgIpc) is 2.83. The van der Waals surface area contributed by atoms with Crippen LogP contribution in [0.3, 0.4) is 0 Å². The zero-order chi connectivity index (χ0) is 11.7. The van der Waals surface area contributed by atoms with Crippen molar-refractivity contribution < 1.29 is 4.79 Å². The Balaban J connectivity index is 1.97. The Morgan fingerprint density at radius 3 is 2.88 bits per heavy atom. The first-order valence-corrected chi connectivity index (χ1v) is 6.91. The highest BCUT2D eigenvalue weighted by Crippen LogP contribution is 2.38. The van der Waals surface area contributed by atoms with Crippen LogP contribution < -0.4 is 5.32 Å². The maximum Gasteiger partial charge on any atom is 0.262 e. The zero-order valence-corrected chi connectivity index (χ0v) is 10.5. The molecule has 0 spiro atoms. The summed E-state index contributed by atoms with van der Waals surface area (Å²) in [7, 11) is 0. The van der Waals surface area contributed by atoms with Crippen LogP contribution in [0.15, 0.2) is 50.9 Å². The van der Waals surface area contributed by atoms with Crippen molar-refractivity contribution in [2.24, 2.45) is 0 Å². The number of para-hydroxylation sites is 1. The lowest BCUT2D eigenvalue weighted by atomic mass is 10.2. The summed E-state index contributed by atoms with van der Waals surface area (Å²) in [5, 5.41) is 6.93. The molecular formula is C13H9NOS2. The third-order valence-electron chi connectivity index (χ3n) is 2.42. The van der Waals surface area contributed by atoms with E-state index >= 15 is 0 Å². The number of thiophene rings is 1. The third-order valence-corrected chi connectivity index (χ3v) is 4.22. The van der Waals surface area contributed by atoms with E-state index in [-0.39, 0.29) is 5.91 Å². The number of amides is 1. The minimum absolute atomic E-state index is 0.0279. The number of carbonyl (C=O) groups is 1. The molecule has 2 heterocycles. The Morgan fingerprint density at radius 1 is 1.18 bits per heavy atom. The van der Waals surface area contributed by atoms with Crippen molar-refractivity contribution >= 4 is 40.8 Å². The maximum absolute atomic E-state index is 11.9. The fourth-order valence-corrected chi connectivity index (χ4v) is 3.18. The number of carbonyl (C=O) groups excluding carboxylic acids is 1. The van der Waals surface area contributed by atoms with Crippen LogP contribution in [0.1, 0.15) is 5.56 Å². The van der Waals surface area contributed by atoms with Crippen LogP contribution in [0.25, 0.3) is 6.08 Å². The van der Waals surface area contributed by atoms with E-state index in [0.29, 0.717) is 0 Å². The van der Waals surface area contributed by atoms with Crippen LogP contribution in [-0.2, 0) is 4.79 Å². The van der Waals surface area contributed by atoms with Crippen LogP contribution >= 0.6 is 23.1 Å². The fraction of sp³-hybridized carbons (Fsp3) is 0. The van der Waals surface area contributed by atoms with Gasteiger partial charge in [0.1, 0.15) is 0 Å². The normalized spacial score (nSPS) is 16.7. The van der Waals surface area contributed by atoms with Crippen LogP contribution in [0.2, 0.25) is 0 Å². The highest BCUT2D eigenvalue weighted by atomic mass is 32.2. The van der Waals surface area contributed by atoms with Crippen molar-refractivity contribution in [3.8, 4) is 0 Å². The summed E-state index contributed by atoms with van der Waals surface area (Å²) in [6.45, 7) is 0. The second-order valence-corrected chi connectivity index (χ2v) is 5.48. The molecule has 1 amide bonds. The van der Waals surface area contributed by atoms with Crippen molar-refractivity contribution in [3.05, 3.63) is 51.6 Å². The van der Waals surface area contributed by atoms with Crippen LogP contribution in [-0.4, -0.2) is 5.91 Å². The van der Waals surface area contributed by atoms with E-state index in [0.717, 1.165) is 21.1 Å². The number of hydrogen-bond acceptors (Lipinski definition) is 3.